The van der Waals surface area contributed by atoms with Gasteiger partial charge in [-0.15, -0.1) is 0 Å². The summed E-state index contributed by atoms with van der Waals surface area (Å²) in [5.41, 5.74) is 2.19. The van der Waals surface area contributed by atoms with Gasteiger partial charge in [0.25, 0.3) is 0 Å². The second-order valence-electron chi connectivity index (χ2n) is 4.79. The second kappa shape index (κ2) is 5.58. The molecule has 17 heavy (non-hydrogen) atoms. The monoisotopic (exact) mass is 249 g/mol. The molecule has 1 unspecified atom stereocenters. The van der Waals surface area contributed by atoms with Gasteiger partial charge in [-0.3, -0.25) is 4.79 Å². The average Bonchev–Trinajstić information content (AvgIpc) is 2.83. The van der Waals surface area contributed by atoms with E-state index < -0.39 is 0 Å². The number of rotatable bonds is 3. The van der Waals surface area contributed by atoms with Crippen molar-refractivity contribution in [3.63, 3.8) is 0 Å². The van der Waals surface area contributed by atoms with Gasteiger partial charge in [0.15, 0.2) is 0 Å². The summed E-state index contributed by atoms with van der Waals surface area (Å²) in [6.45, 7) is 4.30. The molecule has 1 aliphatic heterocycles. The minimum Gasteiger partial charge on any atom is -0.326 e. The lowest BCUT2D eigenvalue weighted by Gasteiger charge is -2.15. The number of anilines is 1. The minimum atomic E-state index is 0.183. The van der Waals surface area contributed by atoms with E-state index in [1.807, 2.05) is 30.0 Å². The van der Waals surface area contributed by atoms with E-state index in [9.17, 15) is 4.79 Å². The molecule has 0 aliphatic carbocycles. The van der Waals surface area contributed by atoms with Crippen molar-refractivity contribution >= 4 is 23.4 Å². The van der Waals surface area contributed by atoms with E-state index in [1.165, 1.54) is 5.56 Å². The molecule has 1 aromatic carbocycles. The molecule has 1 atom stereocenters. The third kappa shape index (κ3) is 3.03. The number of carbonyl (C=O) groups is 1. The van der Waals surface area contributed by atoms with Crippen LogP contribution in [0.1, 0.15) is 31.7 Å². The maximum Gasteiger partial charge on any atom is 0.228 e. The maximum absolute atomic E-state index is 12.1. The van der Waals surface area contributed by atoms with Gasteiger partial charge in [-0.1, -0.05) is 32.0 Å². The lowest BCUT2D eigenvalue weighted by molar-refractivity contribution is -0.119. The molecule has 0 aromatic heterocycles. The highest BCUT2D eigenvalue weighted by atomic mass is 32.2. The average molecular weight is 249 g/mol. The number of nitrogens with one attached hydrogen (secondary N) is 1. The van der Waals surface area contributed by atoms with Gasteiger partial charge >= 0.3 is 0 Å². The molecule has 0 saturated carbocycles. The smallest absolute Gasteiger partial charge is 0.228 e. The number of thioether (sulfide) groups is 1. The highest BCUT2D eigenvalue weighted by Gasteiger charge is 2.23. The van der Waals surface area contributed by atoms with E-state index in [1.54, 1.807) is 0 Å². The lowest BCUT2D eigenvalue weighted by Crippen LogP contribution is -2.23. The van der Waals surface area contributed by atoms with Crippen LogP contribution >= 0.6 is 11.8 Å². The zero-order valence-corrected chi connectivity index (χ0v) is 11.2. The molecule has 1 N–H and O–H groups in total. The van der Waals surface area contributed by atoms with E-state index in [4.69, 9.17) is 0 Å². The molecule has 92 valence electrons. The molecule has 1 heterocycles. The van der Waals surface area contributed by atoms with Crippen molar-refractivity contribution in [3.8, 4) is 0 Å². The topological polar surface area (TPSA) is 29.1 Å². The number of benzene rings is 1. The van der Waals surface area contributed by atoms with E-state index in [0.717, 1.165) is 23.6 Å². The summed E-state index contributed by atoms with van der Waals surface area (Å²) in [6.07, 6.45) is 1.01. The van der Waals surface area contributed by atoms with Gasteiger partial charge in [0.1, 0.15) is 0 Å². The highest BCUT2D eigenvalue weighted by molar-refractivity contribution is 7.99. The van der Waals surface area contributed by atoms with Gasteiger partial charge in [0, 0.05) is 17.4 Å². The summed E-state index contributed by atoms with van der Waals surface area (Å²) < 4.78 is 0. The van der Waals surface area contributed by atoms with Crippen LogP contribution in [0.3, 0.4) is 0 Å². The Morgan fingerprint density at radius 1 is 1.41 bits per heavy atom. The fourth-order valence-corrected chi connectivity index (χ4v) is 3.31. The normalized spacial score (nSPS) is 19.6. The van der Waals surface area contributed by atoms with Crippen LogP contribution in [-0.2, 0) is 4.79 Å². The first kappa shape index (κ1) is 12.5. The Bertz CT molecular complexity index is 397. The van der Waals surface area contributed by atoms with E-state index in [0.29, 0.717) is 5.92 Å². The Morgan fingerprint density at radius 3 is 2.82 bits per heavy atom. The van der Waals surface area contributed by atoms with Crippen LogP contribution in [0.15, 0.2) is 24.3 Å². The van der Waals surface area contributed by atoms with Gasteiger partial charge in [-0.25, -0.2) is 0 Å². The zero-order valence-electron chi connectivity index (χ0n) is 10.4. The Kier molecular flexibility index (Phi) is 4.11. The first-order valence-electron chi connectivity index (χ1n) is 6.16. The summed E-state index contributed by atoms with van der Waals surface area (Å²) >= 11 is 1.87. The van der Waals surface area contributed by atoms with Crippen LogP contribution in [0.25, 0.3) is 0 Å². The largest absolute Gasteiger partial charge is 0.326 e. The van der Waals surface area contributed by atoms with Crippen LogP contribution in [-0.4, -0.2) is 17.4 Å². The first-order valence-corrected chi connectivity index (χ1v) is 7.31. The van der Waals surface area contributed by atoms with Gasteiger partial charge < -0.3 is 5.32 Å². The van der Waals surface area contributed by atoms with Crippen molar-refractivity contribution in [3.05, 3.63) is 29.8 Å². The number of amides is 1. The Labute approximate surface area is 107 Å². The number of hydrogen-bond acceptors (Lipinski definition) is 2. The molecule has 1 aliphatic rings. The van der Waals surface area contributed by atoms with Crippen molar-refractivity contribution in [2.75, 3.05) is 16.8 Å². The molecule has 2 rings (SSSR count). The number of para-hydroxylation sites is 1. The molecule has 3 heteroatoms. The van der Waals surface area contributed by atoms with Gasteiger partial charge in [0.2, 0.25) is 5.91 Å². The minimum absolute atomic E-state index is 0.183. The summed E-state index contributed by atoms with van der Waals surface area (Å²) in [5.74, 6) is 2.90. The molecule has 0 bridgehead atoms. The predicted molar refractivity (Wildman–Crippen MR) is 74.6 cm³/mol. The maximum atomic E-state index is 12.1. The SMILES string of the molecule is CC(C)c1ccccc1NC(=O)C1CCSC1. The summed E-state index contributed by atoms with van der Waals surface area (Å²) in [5, 5.41) is 3.08. The first-order chi connectivity index (χ1) is 8.18. The van der Waals surface area contributed by atoms with Crippen molar-refractivity contribution < 1.29 is 4.79 Å². The molecule has 2 nitrogen and oxygen atoms in total. The standard InChI is InChI=1S/C14H19NOS/c1-10(2)12-5-3-4-6-13(12)15-14(16)11-7-8-17-9-11/h3-6,10-11H,7-9H2,1-2H3,(H,15,16). The fourth-order valence-electron chi connectivity index (χ4n) is 2.09. The molecule has 1 saturated heterocycles. The zero-order chi connectivity index (χ0) is 12.3. The lowest BCUT2D eigenvalue weighted by atomic mass is 10.0. The molecule has 1 amide bonds. The second-order valence-corrected chi connectivity index (χ2v) is 5.94. The molecule has 0 spiro atoms. The summed E-state index contributed by atoms with van der Waals surface area (Å²) in [6, 6.07) is 8.08. The molecular weight excluding hydrogens is 230 g/mol. The Hall–Kier alpha value is -0.960. The van der Waals surface area contributed by atoms with Crippen molar-refractivity contribution in [1.82, 2.24) is 0 Å². The summed E-state index contributed by atoms with van der Waals surface area (Å²) in [7, 11) is 0. The third-order valence-electron chi connectivity index (χ3n) is 3.14. The quantitative estimate of drug-likeness (QED) is 0.888. The van der Waals surface area contributed by atoms with Crippen LogP contribution in [0.5, 0.6) is 0 Å². The van der Waals surface area contributed by atoms with Gasteiger partial charge in [0.05, 0.1) is 0 Å². The van der Waals surface area contributed by atoms with Crippen LogP contribution in [0, 0.1) is 5.92 Å². The predicted octanol–water partition coefficient (Wildman–Crippen LogP) is 3.50. The van der Waals surface area contributed by atoms with Crippen molar-refractivity contribution in [2.24, 2.45) is 5.92 Å². The van der Waals surface area contributed by atoms with E-state index in [-0.39, 0.29) is 11.8 Å². The van der Waals surface area contributed by atoms with E-state index in [2.05, 4.69) is 25.2 Å². The Morgan fingerprint density at radius 2 is 2.18 bits per heavy atom. The Balaban J connectivity index is 2.09. The number of hydrogen-bond donors (Lipinski definition) is 1. The van der Waals surface area contributed by atoms with E-state index >= 15 is 0 Å². The summed E-state index contributed by atoms with van der Waals surface area (Å²) in [4.78, 5) is 12.1. The van der Waals surface area contributed by atoms with Crippen LogP contribution in [0.2, 0.25) is 0 Å². The molecule has 0 radical (unpaired) electrons. The van der Waals surface area contributed by atoms with Crippen molar-refractivity contribution in [2.45, 2.75) is 26.2 Å². The highest BCUT2D eigenvalue weighted by Crippen LogP contribution is 2.27. The van der Waals surface area contributed by atoms with Crippen LogP contribution < -0.4 is 5.32 Å². The molecule has 1 fully saturated rings. The molecular formula is C14H19NOS. The number of carbonyl (C=O) groups excluding carboxylic acids is 1. The third-order valence-corrected chi connectivity index (χ3v) is 4.30. The van der Waals surface area contributed by atoms with Crippen molar-refractivity contribution in [1.29, 1.82) is 0 Å². The van der Waals surface area contributed by atoms with Crippen LogP contribution in [0.4, 0.5) is 5.69 Å². The van der Waals surface area contributed by atoms with Gasteiger partial charge in [-0.2, -0.15) is 11.8 Å². The fraction of sp³-hybridized carbons (Fsp3) is 0.500. The molecule has 1 aromatic rings. The van der Waals surface area contributed by atoms with Gasteiger partial charge in [-0.05, 0) is 29.7 Å².